The van der Waals surface area contributed by atoms with Crippen molar-refractivity contribution in [2.24, 2.45) is 0 Å². The fourth-order valence-corrected chi connectivity index (χ4v) is 2.11. The Balaban J connectivity index is 0. The zero-order valence-electron chi connectivity index (χ0n) is 9.83. The third kappa shape index (κ3) is 6.88. The summed E-state index contributed by atoms with van der Waals surface area (Å²) in [6.07, 6.45) is -0.0515. The summed E-state index contributed by atoms with van der Waals surface area (Å²) in [5.41, 5.74) is -1.33. The van der Waals surface area contributed by atoms with Gasteiger partial charge in [0.05, 0.1) is 12.7 Å². The molecule has 0 aromatic carbocycles. The van der Waals surface area contributed by atoms with Crippen LogP contribution in [-0.2, 0) is 18.8 Å². The third-order valence-electron chi connectivity index (χ3n) is 2.19. The molecule has 0 unspecified atom stereocenters. The maximum Gasteiger partial charge on any atom is 0.400 e. The van der Waals surface area contributed by atoms with E-state index in [1.807, 2.05) is 0 Å². The van der Waals surface area contributed by atoms with E-state index in [0.717, 1.165) is 7.11 Å². The summed E-state index contributed by atoms with van der Waals surface area (Å²) >= 11 is 0. The Morgan fingerprint density at radius 1 is 1.00 bits per heavy atom. The Morgan fingerprint density at radius 2 is 1.35 bits per heavy atom. The molecule has 0 aliphatic heterocycles. The molecule has 0 saturated heterocycles. The first-order valence-electron chi connectivity index (χ1n) is 4.79. The molecule has 8 nitrogen and oxygen atoms in total. The zero-order valence-corrected chi connectivity index (χ0v) is 10.6. The number of rotatable bonds is 9. The number of aliphatic hydroxyl groups is 3. The molecule has 0 saturated carbocycles. The van der Waals surface area contributed by atoms with E-state index in [-0.39, 0.29) is 45.2 Å². The van der Waals surface area contributed by atoms with E-state index in [0.29, 0.717) is 0 Å². The number of hydrogen-bond acceptors (Lipinski definition) is 8. The van der Waals surface area contributed by atoms with Gasteiger partial charge in [-0.1, -0.05) is 0 Å². The van der Waals surface area contributed by atoms with Crippen LogP contribution >= 0.6 is 0 Å². The van der Waals surface area contributed by atoms with Crippen LogP contribution in [0.2, 0.25) is 0 Å². The lowest BCUT2D eigenvalue weighted by Gasteiger charge is -2.30. The molecule has 0 aliphatic rings. The molecule has 0 fully saturated rings. The van der Waals surface area contributed by atoms with E-state index < -0.39 is 16.0 Å². The molecule has 17 heavy (non-hydrogen) atoms. The summed E-state index contributed by atoms with van der Waals surface area (Å²) in [5.74, 6) is 0. The van der Waals surface area contributed by atoms with Gasteiger partial charge in [-0.05, 0) is 0 Å². The Kier molecular flexibility index (Phi) is 9.81. The van der Waals surface area contributed by atoms with Crippen LogP contribution in [-0.4, -0.2) is 56.3 Å². The van der Waals surface area contributed by atoms with Gasteiger partial charge in [-0.3, -0.25) is 4.18 Å². The summed E-state index contributed by atoms with van der Waals surface area (Å²) in [7, 11) is -3.24. The summed E-state index contributed by atoms with van der Waals surface area (Å²) in [6, 6.07) is 0. The van der Waals surface area contributed by atoms with Crippen molar-refractivity contribution in [2.75, 3.05) is 26.9 Å². The minimum Gasteiger partial charge on any atom is -0.396 e. The smallest absolute Gasteiger partial charge is 0.396 e. The Hall–Kier alpha value is -0.290. The van der Waals surface area contributed by atoms with Crippen LogP contribution in [0.4, 0.5) is 0 Å². The minimum absolute atomic E-state index is 0. The highest BCUT2D eigenvalue weighted by atomic mass is 32.3. The van der Waals surface area contributed by atoms with Gasteiger partial charge in [0.2, 0.25) is 0 Å². The Bertz CT molecular complexity index is 263. The normalized spacial score (nSPS) is 12.2. The van der Waals surface area contributed by atoms with Crippen molar-refractivity contribution in [3.05, 3.63) is 0 Å². The van der Waals surface area contributed by atoms with Crippen LogP contribution < -0.4 is 6.15 Å². The maximum atomic E-state index is 11.2. The van der Waals surface area contributed by atoms with Crippen LogP contribution in [0.25, 0.3) is 0 Å². The summed E-state index contributed by atoms with van der Waals surface area (Å²) in [6.45, 7) is -0.961. The second kappa shape index (κ2) is 8.75. The van der Waals surface area contributed by atoms with Gasteiger partial charge in [-0.15, -0.1) is 0 Å². The van der Waals surface area contributed by atoms with E-state index in [1.165, 1.54) is 0 Å². The summed E-state index contributed by atoms with van der Waals surface area (Å²) < 4.78 is 31.2. The van der Waals surface area contributed by atoms with E-state index >= 15 is 0 Å². The minimum atomic E-state index is -4.18. The van der Waals surface area contributed by atoms with E-state index in [9.17, 15) is 8.42 Å². The zero-order chi connectivity index (χ0) is 12.7. The first-order valence-corrected chi connectivity index (χ1v) is 6.12. The molecule has 0 amide bonds. The van der Waals surface area contributed by atoms with E-state index in [2.05, 4.69) is 4.18 Å². The van der Waals surface area contributed by atoms with Gasteiger partial charge in [0.25, 0.3) is 0 Å². The van der Waals surface area contributed by atoms with Gasteiger partial charge in [-0.2, -0.15) is 8.42 Å². The van der Waals surface area contributed by atoms with Crippen LogP contribution in [0.15, 0.2) is 0 Å². The van der Waals surface area contributed by atoms with Crippen molar-refractivity contribution < 1.29 is 32.1 Å². The van der Waals surface area contributed by atoms with Gasteiger partial charge >= 0.3 is 10.4 Å². The topological polar surface area (TPSA) is 148 Å². The van der Waals surface area contributed by atoms with Crippen LogP contribution in [0.3, 0.4) is 0 Å². The molecule has 0 spiro atoms. The van der Waals surface area contributed by atoms with Crippen molar-refractivity contribution in [1.82, 2.24) is 6.15 Å². The largest absolute Gasteiger partial charge is 0.400 e. The molecule has 0 aromatic heterocycles. The SMILES string of the molecule is COS(=O)(=O)OC(CCO)(CCO)CCO.N. The summed E-state index contributed by atoms with van der Waals surface area (Å²) in [4.78, 5) is 0. The van der Waals surface area contributed by atoms with Gasteiger partial charge in [0, 0.05) is 39.1 Å². The van der Waals surface area contributed by atoms with Crippen molar-refractivity contribution in [1.29, 1.82) is 0 Å². The van der Waals surface area contributed by atoms with Crippen molar-refractivity contribution in [3.8, 4) is 0 Å². The van der Waals surface area contributed by atoms with E-state index in [1.54, 1.807) is 0 Å². The standard InChI is InChI=1S/C8H18O7S.H3N/c1-14-16(12,13)15-8(2-5-9,3-6-10)4-7-11;/h9-11H,2-7H2,1H3;1H3. The maximum absolute atomic E-state index is 11.2. The fraction of sp³-hybridized carbons (Fsp3) is 1.00. The molecular weight excluding hydrogens is 254 g/mol. The highest BCUT2D eigenvalue weighted by Crippen LogP contribution is 2.27. The van der Waals surface area contributed by atoms with Gasteiger partial charge in [0.15, 0.2) is 0 Å². The van der Waals surface area contributed by atoms with Crippen LogP contribution in [0.5, 0.6) is 0 Å². The highest BCUT2D eigenvalue weighted by Gasteiger charge is 2.35. The summed E-state index contributed by atoms with van der Waals surface area (Å²) in [5, 5.41) is 26.5. The predicted molar refractivity (Wildman–Crippen MR) is 59.9 cm³/mol. The lowest BCUT2D eigenvalue weighted by Crippen LogP contribution is -2.38. The third-order valence-corrected chi connectivity index (χ3v) is 3.15. The molecule has 0 aromatic rings. The lowest BCUT2D eigenvalue weighted by atomic mass is 9.93. The highest BCUT2D eigenvalue weighted by molar-refractivity contribution is 7.81. The molecule has 106 valence electrons. The molecule has 0 radical (unpaired) electrons. The average Bonchev–Trinajstić information content (AvgIpc) is 2.18. The Morgan fingerprint density at radius 3 is 1.59 bits per heavy atom. The van der Waals surface area contributed by atoms with Gasteiger partial charge in [-0.25, -0.2) is 4.18 Å². The van der Waals surface area contributed by atoms with Gasteiger partial charge < -0.3 is 21.5 Å². The van der Waals surface area contributed by atoms with Crippen molar-refractivity contribution in [3.63, 3.8) is 0 Å². The fourth-order valence-electron chi connectivity index (χ4n) is 1.36. The van der Waals surface area contributed by atoms with Crippen molar-refractivity contribution >= 4 is 10.4 Å². The van der Waals surface area contributed by atoms with Gasteiger partial charge in [0.1, 0.15) is 0 Å². The monoisotopic (exact) mass is 275 g/mol. The number of aliphatic hydroxyl groups excluding tert-OH is 3. The molecule has 0 atom stereocenters. The molecule has 0 aliphatic carbocycles. The first kappa shape index (κ1) is 19.1. The van der Waals surface area contributed by atoms with Crippen LogP contribution in [0.1, 0.15) is 19.3 Å². The second-order valence-corrected chi connectivity index (χ2v) is 4.58. The average molecular weight is 275 g/mol. The van der Waals surface area contributed by atoms with Crippen LogP contribution in [0, 0.1) is 0 Å². The molecule has 0 bridgehead atoms. The van der Waals surface area contributed by atoms with Crippen molar-refractivity contribution in [2.45, 2.75) is 24.9 Å². The molecule has 0 heterocycles. The molecule has 0 rings (SSSR count). The first-order chi connectivity index (χ1) is 7.45. The quantitative estimate of drug-likeness (QED) is 0.416. The number of hydrogen-bond donors (Lipinski definition) is 4. The second-order valence-electron chi connectivity index (χ2n) is 3.26. The molecule has 6 N–H and O–H groups in total. The molecular formula is C8H21NO7S. The lowest BCUT2D eigenvalue weighted by molar-refractivity contribution is -0.00575. The Labute approximate surface area is 101 Å². The predicted octanol–water partition coefficient (Wildman–Crippen LogP) is -1.06. The van der Waals surface area contributed by atoms with E-state index in [4.69, 9.17) is 19.5 Å². The molecule has 9 heteroatoms.